The van der Waals surface area contributed by atoms with E-state index in [9.17, 15) is 13.2 Å². The second kappa shape index (κ2) is 11.5. The molecule has 2 atom stereocenters. The fraction of sp³-hybridized carbons (Fsp3) is 0.233. The molecule has 5 rings (SSSR count). The van der Waals surface area contributed by atoms with E-state index in [2.05, 4.69) is 21.1 Å². The third-order valence-electron chi connectivity index (χ3n) is 7.19. The number of methoxy groups -OCH3 is 2. The summed E-state index contributed by atoms with van der Waals surface area (Å²) in [7, 11) is -0.743. The highest BCUT2D eigenvalue weighted by molar-refractivity contribution is 7.92. The molecule has 0 unspecified atom stereocenters. The second-order valence-corrected chi connectivity index (χ2v) is 12.1. The molecule has 42 heavy (non-hydrogen) atoms. The highest BCUT2D eigenvalue weighted by Gasteiger charge is 2.42. The van der Waals surface area contributed by atoms with Gasteiger partial charge in [-0.2, -0.15) is 0 Å². The molecule has 2 aromatic carbocycles. The minimum Gasteiger partial charge on any atom is -0.495 e. The summed E-state index contributed by atoms with van der Waals surface area (Å²) in [5.41, 5.74) is 5.63. The molecule has 4 aromatic rings. The molecule has 0 aliphatic carbocycles. The molecule has 12 heteroatoms. The van der Waals surface area contributed by atoms with Crippen LogP contribution in [0.1, 0.15) is 45.1 Å². The quantitative estimate of drug-likeness (QED) is 0.215. The Bertz CT molecular complexity index is 1770. The van der Waals surface area contributed by atoms with Crippen molar-refractivity contribution >= 4 is 44.7 Å². The van der Waals surface area contributed by atoms with Crippen LogP contribution in [0.4, 0.5) is 11.4 Å². The van der Waals surface area contributed by atoms with Crippen LogP contribution in [0, 0.1) is 13.8 Å². The number of benzene rings is 2. The third-order valence-corrected chi connectivity index (χ3v) is 8.10. The molecule has 3 heterocycles. The molecule has 1 aliphatic heterocycles. The minimum atomic E-state index is -3.58. The van der Waals surface area contributed by atoms with Crippen molar-refractivity contribution in [3.05, 3.63) is 101 Å². The number of nitrogens with zero attached hydrogens (tertiary/aromatic N) is 3. The van der Waals surface area contributed by atoms with Gasteiger partial charge in [-0.05, 0) is 80.2 Å². The number of carbonyl (C=O) groups excluding carboxylic acids is 1. The number of thiocarbonyl (C=S) groups is 1. The van der Waals surface area contributed by atoms with Crippen molar-refractivity contribution in [2.75, 3.05) is 30.1 Å². The van der Waals surface area contributed by atoms with Gasteiger partial charge in [0.15, 0.2) is 5.11 Å². The first kappa shape index (κ1) is 29.1. The van der Waals surface area contributed by atoms with Crippen molar-refractivity contribution in [2.45, 2.75) is 25.9 Å². The Morgan fingerprint density at radius 1 is 1.05 bits per heavy atom. The molecule has 0 spiro atoms. The van der Waals surface area contributed by atoms with Gasteiger partial charge in [-0.25, -0.2) is 13.2 Å². The lowest BCUT2D eigenvalue weighted by atomic mass is 9.96. The number of hydrogen-bond acceptors (Lipinski definition) is 7. The second-order valence-electron chi connectivity index (χ2n) is 9.93. The molecule has 2 N–H and O–H groups in total. The third kappa shape index (κ3) is 5.42. The predicted molar refractivity (Wildman–Crippen MR) is 166 cm³/mol. The first-order valence-electron chi connectivity index (χ1n) is 13.1. The number of para-hydroxylation sites is 1. The molecular weight excluding hydrogens is 574 g/mol. The van der Waals surface area contributed by atoms with E-state index >= 15 is 0 Å². The number of aryl methyl sites for hydroxylation is 1. The molecule has 1 fully saturated rings. The van der Waals surface area contributed by atoms with Crippen LogP contribution < -0.4 is 19.7 Å². The lowest BCUT2D eigenvalue weighted by molar-refractivity contribution is 0.0600. The van der Waals surface area contributed by atoms with Crippen LogP contribution in [0.2, 0.25) is 0 Å². The Hall–Kier alpha value is -4.42. The van der Waals surface area contributed by atoms with Gasteiger partial charge in [-0.15, -0.1) is 0 Å². The topological polar surface area (TPSA) is 115 Å². The van der Waals surface area contributed by atoms with E-state index < -0.39 is 16.0 Å². The fourth-order valence-corrected chi connectivity index (χ4v) is 6.39. The number of nitrogens with one attached hydrogen (secondary N) is 2. The van der Waals surface area contributed by atoms with Gasteiger partial charge in [0.1, 0.15) is 5.75 Å². The molecule has 218 valence electrons. The maximum Gasteiger partial charge on any atom is 0.339 e. The monoisotopic (exact) mass is 605 g/mol. The van der Waals surface area contributed by atoms with Crippen LogP contribution in [-0.2, 0) is 14.8 Å². The van der Waals surface area contributed by atoms with Gasteiger partial charge in [-0.1, -0.05) is 18.2 Å². The van der Waals surface area contributed by atoms with Crippen LogP contribution in [0.25, 0.3) is 5.69 Å². The molecule has 0 bridgehead atoms. The zero-order valence-electron chi connectivity index (χ0n) is 23.8. The maximum absolute atomic E-state index is 12.7. The molecule has 1 aliphatic rings. The Morgan fingerprint density at radius 2 is 1.79 bits per heavy atom. The Labute approximate surface area is 250 Å². The van der Waals surface area contributed by atoms with E-state index in [1.165, 1.54) is 14.2 Å². The van der Waals surface area contributed by atoms with E-state index in [1.807, 2.05) is 59.7 Å². The Balaban J connectivity index is 1.70. The Morgan fingerprint density at radius 3 is 2.45 bits per heavy atom. The van der Waals surface area contributed by atoms with Crippen molar-refractivity contribution in [3.8, 4) is 11.4 Å². The Kier molecular flexibility index (Phi) is 7.93. The van der Waals surface area contributed by atoms with Gasteiger partial charge in [0.2, 0.25) is 10.0 Å². The zero-order chi connectivity index (χ0) is 30.2. The molecule has 1 saturated heterocycles. The molecule has 0 saturated carbocycles. The summed E-state index contributed by atoms with van der Waals surface area (Å²) >= 11 is 5.89. The first-order chi connectivity index (χ1) is 20.0. The van der Waals surface area contributed by atoms with E-state index in [0.717, 1.165) is 28.9 Å². The normalized spacial score (nSPS) is 16.7. The summed E-state index contributed by atoms with van der Waals surface area (Å²) in [5.74, 6) is -0.0573. The van der Waals surface area contributed by atoms with E-state index in [4.69, 9.17) is 21.7 Å². The summed E-state index contributed by atoms with van der Waals surface area (Å²) in [4.78, 5) is 19.2. The molecular formula is C30H31N5O5S2. The van der Waals surface area contributed by atoms with Gasteiger partial charge in [0.05, 0.1) is 55.2 Å². The van der Waals surface area contributed by atoms with Gasteiger partial charge in [-0.3, -0.25) is 9.71 Å². The molecule has 0 amide bonds. The summed E-state index contributed by atoms with van der Waals surface area (Å²) in [6.07, 6.45) is 2.82. The molecule has 2 aromatic heterocycles. The maximum atomic E-state index is 12.7. The summed E-state index contributed by atoms with van der Waals surface area (Å²) in [6.45, 7) is 3.98. The van der Waals surface area contributed by atoms with Crippen molar-refractivity contribution in [3.63, 3.8) is 0 Å². The summed E-state index contributed by atoms with van der Waals surface area (Å²) in [6, 6.07) is 19.6. The number of pyridine rings is 1. The molecule has 0 radical (unpaired) electrons. The SMILES string of the molecule is COC(=O)c1ccccc1-n1c(C)cc([C@H]2[C@@H](c3ccccn3)NC(=S)N2c2ccc(OC)c(NS(C)(=O)=O)c2)c1C. The average molecular weight is 606 g/mol. The zero-order valence-corrected chi connectivity index (χ0v) is 25.4. The van der Waals surface area contributed by atoms with Crippen molar-refractivity contribution in [2.24, 2.45) is 0 Å². The van der Waals surface area contributed by atoms with Crippen LogP contribution in [0.15, 0.2) is 72.9 Å². The van der Waals surface area contributed by atoms with Gasteiger partial charge < -0.3 is 24.3 Å². The van der Waals surface area contributed by atoms with E-state index in [-0.39, 0.29) is 17.8 Å². The van der Waals surface area contributed by atoms with Crippen LogP contribution in [0.3, 0.4) is 0 Å². The summed E-state index contributed by atoms with van der Waals surface area (Å²) < 4.78 is 39.3. The fourth-order valence-electron chi connectivity index (χ4n) is 5.48. The average Bonchev–Trinajstić information content (AvgIpc) is 3.46. The van der Waals surface area contributed by atoms with Crippen LogP contribution in [0.5, 0.6) is 5.75 Å². The van der Waals surface area contributed by atoms with Crippen LogP contribution in [-0.4, -0.2) is 49.5 Å². The van der Waals surface area contributed by atoms with Crippen molar-refractivity contribution < 1.29 is 22.7 Å². The number of aromatic nitrogens is 2. The van der Waals surface area contributed by atoms with Crippen LogP contribution >= 0.6 is 12.2 Å². The number of ether oxygens (including phenoxy) is 2. The number of rotatable bonds is 8. The van der Waals surface area contributed by atoms with Gasteiger partial charge in [0, 0.05) is 23.3 Å². The molecule has 10 nitrogen and oxygen atoms in total. The predicted octanol–water partition coefficient (Wildman–Crippen LogP) is 4.83. The largest absolute Gasteiger partial charge is 0.495 e. The van der Waals surface area contributed by atoms with E-state index in [1.54, 1.807) is 30.5 Å². The number of anilines is 2. The van der Waals surface area contributed by atoms with E-state index in [0.29, 0.717) is 27.8 Å². The van der Waals surface area contributed by atoms with Crippen molar-refractivity contribution in [1.29, 1.82) is 0 Å². The number of hydrogen-bond donors (Lipinski definition) is 2. The number of esters is 1. The number of carbonyl (C=O) groups is 1. The lowest BCUT2D eigenvalue weighted by Crippen LogP contribution is -2.29. The summed E-state index contributed by atoms with van der Waals surface area (Å²) in [5, 5.41) is 3.89. The lowest BCUT2D eigenvalue weighted by Gasteiger charge is -2.29. The number of sulfonamides is 1. The van der Waals surface area contributed by atoms with Gasteiger partial charge in [0.25, 0.3) is 0 Å². The first-order valence-corrected chi connectivity index (χ1v) is 15.4. The minimum absolute atomic E-state index is 0.290. The smallest absolute Gasteiger partial charge is 0.339 e. The van der Waals surface area contributed by atoms with Crippen molar-refractivity contribution in [1.82, 2.24) is 14.9 Å². The highest BCUT2D eigenvalue weighted by atomic mass is 32.2. The van der Waals surface area contributed by atoms with Gasteiger partial charge >= 0.3 is 5.97 Å². The standard InChI is InChI=1S/C30H31N5O5S2/c1-18-16-22(19(2)34(18)25-12-7-6-10-21(25)29(36)40-4)28-27(23-11-8-9-15-31-23)32-30(41)35(28)20-13-14-26(39-3)24(17-20)33-42(5,37)38/h6-17,27-28,33H,1-5H3,(H,32,41)/t27-,28+/m1/s1. The highest BCUT2D eigenvalue weighted by Crippen LogP contribution is 2.45.